The van der Waals surface area contributed by atoms with Gasteiger partial charge in [0.2, 0.25) is 0 Å². The van der Waals surface area contributed by atoms with E-state index >= 15 is 0 Å². The largest absolute Gasteiger partial charge is 0.331 e. The van der Waals surface area contributed by atoms with Gasteiger partial charge in [-0.3, -0.25) is 9.55 Å². The SMILES string of the molecule is CS(=O)(=O)c1ccc(-n2c(=O)[nH]c3cnc4ccc(I)cc4c32)cc1. The Balaban J connectivity index is 2.06. The summed E-state index contributed by atoms with van der Waals surface area (Å²) in [4.78, 5) is 19.9. The molecule has 0 atom stereocenters. The van der Waals surface area contributed by atoms with Crippen LogP contribution in [-0.4, -0.2) is 29.2 Å². The highest BCUT2D eigenvalue weighted by Crippen LogP contribution is 2.26. The van der Waals surface area contributed by atoms with Crippen LogP contribution >= 0.6 is 22.6 Å². The Bertz CT molecular complexity index is 1290. The Morgan fingerprint density at radius 2 is 1.84 bits per heavy atom. The van der Waals surface area contributed by atoms with Crippen LogP contribution in [-0.2, 0) is 9.84 Å². The summed E-state index contributed by atoms with van der Waals surface area (Å²) in [6.45, 7) is 0. The van der Waals surface area contributed by atoms with Crippen molar-refractivity contribution >= 4 is 54.4 Å². The summed E-state index contributed by atoms with van der Waals surface area (Å²) in [5.74, 6) is 0. The van der Waals surface area contributed by atoms with E-state index in [1.807, 2.05) is 18.2 Å². The number of imidazole rings is 1. The van der Waals surface area contributed by atoms with Gasteiger partial charge in [-0.05, 0) is 65.1 Å². The zero-order chi connectivity index (χ0) is 17.8. The Morgan fingerprint density at radius 1 is 1.12 bits per heavy atom. The zero-order valence-corrected chi connectivity index (χ0v) is 16.0. The van der Waals surface area contributed by atoms with Gasteiger partial charge in [0.1, 0.15) is 0 Å². The summed E-state index contributed by atoms with van der Waals surface area (Å²) < 4.78 is 25.9. The van der Waals surface area contributed by atoms with Crippen LogP contribution in [0.1, 0.15) is 0 Å². The third kappa shape index (κ3) is 2.74. The first-order chi connectivity index (χ1) is 11.8. The highest BCUT2D eigenvalue weighted by molar-refractivity contribution is 14.1. The first-order valence-electron chi connectivity index (χ1n) is 7.34. The molecule has 2 heterocycles. The number of aromatic amines is 1. The van der Waals surface area contributed by atoms with E-state index in [4.69, 9.17) is 0 Å². The molecule has 0 saturated carbocycles. The lowest BCUT2D eigenvalue weighted by molar-refractivity contribution is 0.602. The summed E-state index contributed by atoms with van der Waals surface area (Å²) in [5, 5.41) is 0.856. The van der Waals surface area contributed by atoms with Crippen molar-refractivity contribution in [3.63, 3.8) is 0 Å². The molecule has 0 spiro atoms. The molecule has 25 heavy (non-hydrogen) atoms. The number of fused-ring (bicyclic) bond motifs is 3. The molecule has 0 amide bonds. The Labute approximate surface area is 156 Å². The standard InChI is InChI=1S/C17H12IN3O3S/c1-25(23,24)12-5-3-11(4-6-12)21-16-13-8-10(18)2-7-14(13)19-9-15(16)20-17(21)22/h2-9H,1H3,(H,20,22). The van der Waals surface area contributed by atoms with E-state index < -0.39 is 9.84 Å². The number of aromatic nitrogens is 3. The van der Waals surface area contributed by atoms with Gasteiger partial charge in [-0.15, -0.1) is 0 Å². The zero-order valence-electron chi connectivity index (χ0n) is 13.0. The third-order valence-electron chi connectivity index (χ3n) is 3.99. The number of H-pyrrole nitrogens is 1. The van der Waals surface area contributed by atoms with Gasteiger partial charge in [0.05, 0.1) is 33.3 Å². The molecule has 8 heteroatoms. The van der Waals surface area contributed by atoms with Crippen molar-refractivity contribution in [2.75, 3.05) is 6.26 Å². The number of nitrogens with one attached hydrogen (secondary N) is 1. The average molecular weight is 465 g/mol. The fourth-order valence-corrected chi connectivity index (χ4v) is 3.97. The predicted octanol–water partition coefficient (Wildman–Crippen LogP) is 2.88. The van der Waals surface area contributed by atoms with Gasteiger partial charge in [-0.2, -0.15) is 0 Å². The van der Waals surface area contributed by atoms with Crippen molar-refractivity contribution in [1.82, 2.24) is 14.5 Å². The maximum Gasteiger partial charge on any atom is 0.331 e. The molecule has 0 aliphatic heterocycles. The second kappa shape index (κ2) is 5.67. The summed E-state index contributed by atoms with van der Waals surface area (Å²) in [6, 6.07) is 12.1. The molecule has 2 aromatic heterocycles. The highest BCUT2D eigenvalue weighted by Gasteiger charge is 2.14. The second-order valence-electron chi connectivity index (χ2n) is 5.71. The van der Waals surface area contributed by atoms with Crippen molar-refractivity contribution in [1.29, 1.82) is 0 Å². The topological polar surface area (TPSA) is 84.8 Å². The van der Waals surface area contributed by atoms with Crippen LogP contribution in [0, 0.1) is 3.57 Å². The van der Waals surface area contributed by atoms with Gasteiger partial charge in [0.25, 0.3) is 0 Å². The number of sulfone groups is 1. The molecule has 0 saturated heterocycles. The van der Waals surface area contributed by atoms with Crippen LogP contribution in [0.2, 0.25) is 0 Å². The molecular weight excluding hydrogens is 453 g/mol. The smallest absolute Gasteiger partial charge is 0.304 e. The van der Waals surface area contributed by atoms with E-state index in [0.717, 1.165) is 26.2 Å². The number of hydrogen-bond donors (Lipinski definition) is 1. The fourth-order valence-electron chi connectivity index (χ4n) is 2.84. The number of halogens is 1. The number of nitrogens with zero attached hydrogens (tertiary/aromatic N) is 2. The summed E-state index contributed by atoms with van der Waals surface area (Å²) >= 11 is 2.21. The number of pyridine rings is 1. The van der Waals surface area contributed by atoms with Gasteiger partial charge in [0.15, 0.2) is 9.84 Å². The fraction of sp³-hybridized carbons (Fsp3) is 0.0588. The van der Waals surface area contributed by atoms with E-state index in [1.165, 1.54) is 12.1 Å². The molecule has 0 aliphatic rings. The minimum atomic E-state index is -3.29. The molecule has 126 valence electrons. The van der Waals surface area contributed by atoms with Crippen LogP contribution in [0.4, 0.5) is 0 Å². The molecular formula is C17H12IN3O3S. The van der Waals surface area contributed by atoms with Gasteiger partial charge in [-0.1, -0.05) is 0 Å². The van der Waals surface area contributed by atoms with Gasteiger partial charge >= 0.3 is 5.69 Å². The van der Waals surface area contributed by atoms with Crippen molar-refractivity contribution in [2.45, 2.75) is 4.90 Å². The van der Waals surface area contributed by atoms with Crippen LogP contribution in [0.3, 0.4) is 0 Å². The summed E-state index contributed by atoms with van der Waals surface area (Å²) in [6.07, 6.45) is 2.79. The van der Waals surface area contributed by atoms with Crippen molar-refractivity contribution in [2.24, 2.45) is 0 Å². The van der Waals surface area contributed by atoms with Crippen molar-refractivity contribution < 1.29 is 8.42 Å². The minimum Gasteiger partial charge on any atom is -0.304 e. The quantitative estimate of drug-likeness (QED) is 0.462. The molecule has 2 aromatic carbocycles. The Kier molecular flexibility index (Phi) is 3.69. The van der Waals surface area contributed by atoms with Crippen LogP contribution in [0.15, 0.2) is 58.4 Å². The summed E-state index contributed by atoms with van der Waals surface area (Å²) in [7, 11) is -3.29. The molecule has 0 radical (unpaired) electrons. The van der Waals surface area contributed by atoms with Gasteiger partial charge in [-0.25, -0.2) is 13.2 Å². The highest BCUT2D eigenvalue weighted by atomic mass is 127. The van der Waals surface area contributed by atoms with E-state index in [-0.39, 0.29) is 10.6 Å². The molecule has 0 unspecified atom stereocenters. The minimum absolute atomic E-state index is 0.213. The lowest BCUT2D eigenvalue weighted by Crippen LogP contribution is -2.14. The maximum absolute atomic E-state index is 12.5. The van der Waals surface area contributed by atoms with E-state index in [1.54, 1.807) is 22.9 Å². The van der Waals surface area contributed by atoms with E-state index in [0.29, 0.717) is 11.2 Å². The lowest BCUT2D eigenvalue weighted by atomic mass is 10.2. The van der Waals surface area contributed by atoms with E-state index in [9.17, 15) is 13.2 Å². The maximum atomic E-state index is 12.5. The number of hydrogen-bond acceptors (Lipinski definition) is 4. The Hall–Kier alpha value is -2.20. The normalized spacial score (nSPS) is 12.1. The number of benzene rings is 2. The van der Waals surface area contributed by atoms with Crippen molar-refractivity contribution in [3.8, 4) is 5.69 Å². The van der Waals surface area contributed by atoms with Crippen LogP contribution < -0.4 is 5.69 Å². The first kappa shape index (κ1) is 16.3. The molecule has 1 N–H and O–H groups in total. The van der Waals surface area contributed by atoms with Crippen LogP contribution in [0.25, 0.3) is 27.6 Å². The van der Waals surface area contributed by atoms with Crippen molar-refractivity contribution in [3.05, 3.63) is 62.7 Å². The molecule has 4 aromatic rings. The molecule has 0 aliphatic carbocycles. The molecule has 0 fully saturated rings. The third-order valence-corrected chi connectivity index (χ3v) is 5.79. The molecule has 4 rings (SSSR count). The predicted molar refractivity (Wildman–Crippen MR) is 105 cm³/mol. The molecule has 6 nitrogen and oxygen atoms in total. The van der Waals surface area contributed by atoms with Gasteiger partial charge in [0, 0.05) is 15.2 Å². The Morgan fingerprint density at radius 3 is 2.52 bits per heavy atom. The molecule has 0 bridgehead atoms. The van der Waals surface area contributed by atoms with E-state index in [2.05, 4.69) is 32.6 Å². The first-order valence-corrected chi connectivity index (χ1v) is 10.3. The monoisotopic (exact) mass is 465 g/mol. The van der Waals surface area contributed by atoms with Gasteiger partial charge < -0.3 is 4.98 Å². The van der Waals surface area contributed by atoms with Crippen LogP contribution in [0.5, 0.6) is 0 Å². The lowest BCUT2D eigenvalue weighted by Gasteiger charge is -2.07. The average Bonchev–Trinajstić information content (AvgIpc) is 2.90. The summed E-state index contributed by atoms with van der Waals surface area (Å²) in [5.41, 5.74) is 2.44. The number of rotatable bonds is 2. The second-order valence-corrected chi connectivity index (χ2v) is 8.97.